The Labute approximate surface area is 255 Å². The molecule has 2 atom stereocenters. The lowest BCUT2D eigenvalue weighted by Gasteiger charge is -2.46. The molecule has 1 aliphatic rings. The fourth-order valence-corrected chi connectivity index (χ4v) is 5.68. The number of hydrogen-bond acceptors (Lipinski definition) is 7. The van der Waals surface area contributed by atoms with Crippen molar-refractivity contribution in [3.63, 3.8) is 0 Å². The van der Waals surface area contributed by atoms with E-state index in [1.54, 1.807) is 92.2 Å². The van der Waals surface area contributed by atoms with Crippen molar-refractivity contribution in [2.24, 2.45) is 5.92 Å². The number of hydrogen-bond donors (Lipinski definition) is 0. The molecule has 0 bridgehead atoms. The van der Waals surface area contributed by atoms with Crippen LogP contribution in [0.5, 0.6) is 0 Å². The molecule has 43 heavy (non-hydrogen) atoms. The van der Waals surface area contributed by atoms with Crippen LogP contribution in [0.25, 0.3) is 5.70 Å². The first-order valence-corrected chi connectivity index (χ1v) is 14.9. The molecule has 0 fully saturated rings. The van der Waals surface area contributed by atoms with E-state index in [0.717, 1.165) is 10.0 Å². The summed E-state index contributed by atoms with van der Waals surface area (Å²) in [6.07, 6.45) is 0.927. The number of benzene rings is 2. The minimum absolute atomic E-state index is 0.0531. The first-order chi connectivity index (χ1) is 20.5. The van der Waals surface area contributed by atoms with Crippen molar-refractivity contribution in [1.29, 1.82) is 0 Å². The summed E-state index contributed by atoms with van der Waals surface area (Å²) in [6.45, 7) is 8.10. The molecule has 224 valence electrons. The van der Waals surface area contributed by atoms with Gasteiger partial charge in [0.1, 0.15) is 12.1 Å². The van der Waals surface area contributed by atoms with E-state index in [0.29, 0.717) is 16.0 Å². The van der Waals surface area contributed by atoms with Gasteiger partial charge in [0.05, 0.1) is 16.7 Å². The van der Waals surface area contributed by atoms with Crippen molar-refractivity contribution in [3.8, 4) is 0 Å². The predicted octanol–water partition coefficient (Wildman–Crippen LogP) is 4.95. The molecule has 3 aromatic rings. The van der Waals surface area contributed by atoms with E-state index in [4.69, 9.17) is 4.74 Å². The maximum Gasteiger partial charge on any atom is 0.377 e. The molecule has 0 radical (unpaired) electrons. The summed E-state index contributed by atoms with van der Waals surface area (Å²) in [6, 6.07) is 18.8. The maximum absolute atomic E-state index is 14.6. The molecule has 0 N–H and O–H groups in total. The number of amides is 3. The van der Waals surface area contributed by atoms with Gasteiger partial charge in [-0.1, -0.05) is 80.6 Å². The van der Waals surface area contributed by atoms with Crippen LogP contribution in [0.2, 0.25) is 0 Å². The van der Waals surface area contributed by atoms with Crippen LogP contribution in [0.15, 0.2) is 84.4 Å². The standard InChI is InChI=1S/C33H35N3O6S/c1-21(2)29-32(40)36(27(25-15-10-7-11-16-25)20-34(29)31(39)28-17-12-18-43-28)35(23(5)37)26(19-24-13-8-6-9-14-24)30(38)33(41)42-22(3)4/h6-18,20-22,26,29H,19H2,1-5H3/t26-,29?/m0/s1. The third-order valence-electron chi connectivity index (χ3n) is 6.87. The van der Waals surface area contributed by atoms with E-state index in [9.17, 15) is 24.0 Å². The average molecular weight is 602 g/mol. The Kier molecular flexibility index (Phi) is 9.92. The summed E-state index contributed by atoms with van der Waals surface area (Å²) >= 11 is 1.26. The fraction of sp³-hybridized carbons (Fsp3) is 0.303. The molecule has 1 unspecified atom stereocenters. The second-order valence-corrected chi connectivity index (χ2v) is 11.7. The van der Waals surface area contributed by atoms with Crippen LogP contribution in [0.1, 0.15) is 55.4 Å². The van der Waals surface area contributed by atoms with Crippen LogP contribution in [0.4, 0.5) is 0 Å². The number of rotatable bonds is 10. The smallest absolute Gasteiger partial charge is 0.377 e. The van der Waals surface area contributed by atoms with Crippen LogP contribution in [-0.2, 0) is 30.3 Å². The molecule has 3 amide bonds. The minimum Gasteiger partial charge on any atom is -0.457 e. The van der Waals surface area contributed by atoms with Crippen LogP contribution >= 0.6 is 11.3 Å². The monoisotopic (exact) mass is 601 g/mol. The summed E-state index contributed by atoms with van der Waals surface area (Å²) in [5, 5.41) is 3.99. The van der Waals surface area contributed by atoms with Crippen molar-refractivity contribution >= 4 is 46.5 Å². The average Bonchev–Trinajstić information content (AvgIpc) is 3.52. The van der Waals surface area contributed by atoms with E-state index in [2.05, 4.69) is 0 Å². The molecule has 0 spiro atoms. The first-order valence-electron chi connectivity index (χ1n) is 14.1. The molecule has 1 aliphatic heterocycles. The molecule has 1 aromatic heterocycles. The SMILES string of the molecule is CC(=O)N([C@@H](Cc1ccccc1)C(=O)C(=O)OC(C)C)N1C(=O)C(C(C)C)N(C(=O)c2cccs2)C=C1c1ccccc1. The van der Waals surface area contributed by atoms with Gasteiger partial charge in [-0.3, -0.25) is 24.1 Å². The second-order valence-electron chi connectivity index (χ2n) is 10.8. The minimum atomic E-state index is -1.41. The van der Waals surface area contributed by atoms with Crippen molar-refractivity contribution in [1.82, 2.24) is 14.9 Å². The number of nitrogens with zero attached hydrogens (tertiary/aromatic N) is 3. The van der Waals surface area contributed by atoms with Gasteiger partial charge < -0.3 is 4.74 Å². The number of ether oxygens (including phenoxy) is 1. The van der Waals surface area contributed by atoms with Crippen LogP contribution < -0.4 is 0 Å². The van der Waals surface area contributed by atoms with Crippen LogP contribution in [-0.4, -0.2) is 62.6 Å². The molecule has 9 nitrogen and oxygen atoms in total. The van der Waals surface area contributed by atoms with Gasteiger partial charge in [-0.2, -0.15) is 0 Å². The zero-order valence-corrected chi connectivity index (χ0v) is 25.6. The molecule has 2 aromatic carbocycles. The molecule has 2 heterocycles. The number of thiophene rings is 1. The number of carbonyl (C=O) groups is 5. The highest BCUT2D eigenvalue weighted by molar-refractivity contribution is 7.12. The van der Waals surface area contributed by atoms with E-state index in [1.807, 2.05) is 19.9 Å². The van der Waals surface area contributed by atoms with Gasteiger partial charge in [0.15, 0.2) is 0 Å². The third kappa shape index (κ3) is 6.91. The number of esters is 1. The van der Waals surface area contributed by atoms with Gasteiger partial charge in [-0.15, -0.1) is 11.3 Å². The van der Waals surface area contributed by atoms with Gasteiger partial charge in [-0.25, -0.2) is 14.8 Å². The zero-order chi connectivity index (χ0) is 31.3. The maximum atomic E-state index is 14.6. The Morgan fingerprint density at radius 3 is 2.07 bits per heavy atom. The van der Waals surface area contributed by atoms with Crippen LogP contribution in [0, 0.1) is 5.92 Å². The molecule has 0 aliphatic carbocycles. The second kappa shape index (κ2) is 13.6. The Morgan fingerprint density at radius 2 is 1.53 bits per heavy atom. The van der Waals surface area contributed by atoms with Crippen molar-refractivity contribution in [2.75, 3.05) is 0 Å². The molecular formula is C33H35N3O6S. The highest BCUT2D eigenvalue weighted by Gasteiger charge is 2.47. The predicted molar refractivity (Wildman–Crippen MR) is 163 cm³/mol. The zero-order valence-electron chi connectivity index (χ0n) is 24.8. The molecular weight excluding hydrogens is 566 g/mol. The third-order valence-corrected chi connectivity index (χ3v) is 7.73. The van der Waals surface area contributed by atoms with E-state index >= 15 is 0 Å². The summed E-state index contributed by atoms with van der Waals surface area (Å²) in [5.41, 5.74) is 1.42. The highest BCUT2D eigenvalue weighted by atomic mass is 32.1. The van der Waals surface area contributed by atoms with E-state index in [-0.39, 0.29) is 23.9 Å². The summed E-state index contributed by atoms with van der Waals surface area (Å²) in [4.78, 5) is 70.5. The summed E-state index contributed by atoms with van der Waals surface area (Å²) in [5.74, 6) is -4.02. The normalized spacial score (nSPS) is 15.7. The summed E-state index contributed by atoms with van der Waals surface area (Å²) < 4.78 is 5.24. The lowest BCUT2D eigenvalue weighted by Crippen LogP contribution is -2.64. The Hall–Kier alpha value is -4.57. The number of carbonyl (C=O) groups excluding carboxylic acids is 5. The van der Waals surface area contributed by atoms with Gasteiger partial charge in [0.2, 0.25) is 5.91 Å². The van der Waals surface area contributed by atoms with Crippen molar-refractivity contribution < 1.29 is 28.7 Å². The largest absolute Gasteiger partial charge is 0.457 e. The van der Waals surface area contributed by atoms with Gasteiger partial charge in [-0.05, 0) is 36.8 Å². The van der Waals surface area contributed by atoms with Gasteiger partial charge in [0.25, 0.3) is 17.6 Å². The summed E-state index contributed by atoms with van der Waals surface area (Å²) in [7, 11) is 0. The fourth-order valence-electron chi connectivity index (χ4n) is 5.01. The molecule has 4 rings (SSSR count). The molecule has 0 saturated heterocycles. The van der Waals surface area contributed by atoms with Gasteiger partial charge in [0, 0.05) is 25.1 Å². The number of Topliss-reactive ketones (excluding diaryl/α,β-unsaturated/α-hetero) is 1. The Balaban J connectivity index is 1.92. The number of hydrazine groups is 1. The molecule has 0 saturated carbocycles. The topological polar surface area (TPSA) is 104 Å². The number of ketones is 1. The first kappa shape index (κ1) is 31.4. The van der Waals surface area contributed by atoms with E-state index < -0.39 is 41.8 Å². The van der Waals surface area contributed by atoms with Crippen molar-refractivity contribution in [2.45, 2.75) is 59.2 Å². The lowest BCUT2D eigenvalue weighted by molar-refractivity contribution is -0.171. The van der Waals surface area contributed by atoms with Crippen LogP contribution in [0.3, 0.4) is 0 Å². The Morgan fingerprint density at radius 1 is 0.907 bits per heavy atom. The molecule has 10 heteroatoms. The quantitative estimate of drug-likeness (QED) is 0.241. The lowest BCUT2D eigenvalue weighted by atomic mass is 9.96. The Bertz CT molecular complexity index is 1500. The van der Waals surface area contributed by atoms with Gasteiger partial charge >= 0.3 is 5.97 Å². The highest BCUT2D eigenvalue weighted by Crippen LogP contribution is 2.34. The van der Waals surface area contributed by atoms with E-state index in [1.165, 1.54) is 23.2 Å². The van der Waals surface area contributed by atoms with Crippen molar-refractivity contribution in [3.05, 3.63) is 100 Å².